The molecule has 1 N–H and O–H groups in total. The van der Waals surface area contributed by atoms with E-state index in [1.807, 2.05) is 18.4 Å². The molecular formula is C14H12F2N2S. The molecule has 0 saturated carbocycles. The average molecular weight is 278 g/mol. The van der Waals surface area contributed by atoms with E-state index in [1.165, 1.54) is 5.56 Å². The van der Waals surface area contributed by atoms with Crippen molar-refractivity contribution >= 4 is 17.0 Å². The van der Waals surface area contributed by atoms with Gasteiger partial charge in [0.05, 0.1) is 11.6 Å². The summed E-state index contributed by atoms with van der Waals surface area (Å²) in [5, 5.41) is 13.3. The highest BCUT2D eigenvalue weighted by Crippen LogP contribution is 2.23. The van der Waals surface area contributed by atoms with Gasteiger partial charge in [-0.2, -0.15) is 5.26 Å². The molecule has 0 radical (unpaired) electrons. The van der Waals surface area contributed by atoms with E-state index in [9.17, 15) is 8.78 Å². The van der Waals surface area contributed by atoms with E-state index in [-0.39, 0.29) is 11.3 Å². The molecule has 0 fully saturated rings. The van der Waals surface area contributed by atoms with Crippen LogP contribution in [0.2, 0.25) is 0 Å². The van der Waals surface area contributed by atoms with Crippen molar-refractivity contribution in [2.24, 2.45) is 0 Å². The lowest BCUT2D eigenvalue weighted by atomic mass is 10.2. The molecule has 1 aromatic carbocycles. The maximum absolute atomic E-state index is 13.7. The monoisotopic (exact) mass is 278 g/mol. The Kier molecular flexibility index (Phi) is 4.13. The second-order valence-corrected chi connectivity index (χ2v) is 5.00. The summed E-state index contributed by atoms with van der Waals surface area (Å²) >= 11 is 1.55. The molecule has 0 saturated heterocycles. The van der Waals surface area contributed by atoms with Crippen LogP contribution in [0.3, 0.4) is 0 Å². The minimum absolute atomic E-state index is 0.0223. The fraction of sp³-hybridized carbons (Fsp3) is 0.214. The van der Waals surface area contributed by atoms with Gasteiger partial charge in [-0.05, 0) is 35.6 Å². The molecule has 0 atom stereocenters. The van der Waals surface area contributed by atoms with E-state index in [4.69, 9.17) is 5.26 Å². The second kappa shape index (κ2) is 5.81. The van der Waals surface area contributed by atoms with Gasteiger partial charge in [-0.15, -0.1) is 11.3 Å². The SMILES string of the molecule is CCc1ccsc1CNc1c(F)cc(C#N)cc1F. The molecule has 0 amide bonds. The molecule has 2 rings (SSSR count). The Hall–Kier alpha value is -1.93. The lowest BCUT2D eigenvalue weighted by Crippen LogP contribution is -2.04. The van der Waals surface area contributed by atoms with Crippen LogP contribution in [0.1, 0.15) is 22.9 Å². The maximum atomic E-state index is 13.7. The Bertz CT molecular complexity index is 606. The van der Waals surface area contributed by atoms with Gasteiger partial charge in [-0.1, -0.05) is 6.92 Å². The van der Waals surface area contributed by atoms with Crippen molar-refractivity contribution in [1.29, 1.82) is 5.26 Å². The maximum Gasteiger partial charge on any atom is 0.150 e. The first-order valence-electron chi connectivity index (χ1n) is 5.84. The fourth-order valence-electron chi connectivity index (χ4n) is 1.81. The molecule has 5 heteroatoms. The van der Waals surface area contributed by atoms with Gasteiger partial charge >= 0.3 is 0 Å². The molecule has 0 aliphatic carbocycles. The second-order valence-electron chi connectivity index (χ2n) is 4.00. The van der Waals surface area contributed by atoms with Crippen LogP contribution in [0.4, 0.5) is 14.5 Å². The number of hydrogen-bond acceptors (Lipinski definition) is 3. The lowest BCUT2D eigenvalue weighted by Gasteiger charge is -2.09. The van der Waals surface area contributed by atoms with Crippen molar-refractivity contribution < 1.29 is 8.78 Å². The first-order chi connectivity index (χ1) is 9.15. The van der Waals surface area contributed by atoms with Gasteiger partial charge in [0.1, 0.15) is 5.69 Å². The molecule has 1 heterocycles. The molecule has 0 spiro atoms. The normalized spacial score (nSPS) is 10.2. The minimum Gasteiger partial charge on any atom is -0.375 e. The predicted molar refractivity (Wildman–Crippen MR) is 72.1 cm³/mol. The van der Waals surface area contributed by atoms with Gasteiger partial charge in [0.2, 0.25) is 0 Å². The summed E-state index contributed by atoms with van der Waals surface area (Å²) in [6.07, 6.45) is 0.888. The highest BCUT2D eigenvalue weighted by atomic mass is 32.1. The molecule has 0 aliphatic rings. The zero-order valence-electron chi connectivity index (χ0n) is 10.3. The molecule has 0 unspecified atom stereocenters. The lowest BCUT2D eigenvalue weighted by molar-refractivity contribution is 0.587. The molecule has 1 aromatic heterocycles. The standard InChI is InChI=1S/C14H12F2N2S/c1-2-10-3-4-19-13(10)8-18-14-11(15)5-9(7-17)6-12(14)16/h3-6,18H,2,8H2,1H3. The van der Waals surface area contributed by atoms with Gasteiger partial charge in [0, 0.05) is 11.4 Å². The van der Waals surface area contributed by atoms with Gasteiger partial charge in [0.15, 0.2) is 11.6 Å². The van der Waals surface area contributed by atoms with E-state index < -0.39 is 11.6 Å². The van der Waals surface area contributed by atoms with Crippen molar-refractivity contribution in [3.05, 3.63) is 51.2 Å². The van der Waals surface area contributed by atoms with Crippen molar-refractivity contribution in [2.45, 2.75) is 19.9 Å². The smallest absolute Gasteiger partial charge is 0.150 e. The molecule has 0 bridgehead atoms. The summed E-state index contributed by atoms with van der Waals surface area (Å²) in [6, 6.07) is 5.78. The number of anilines is 1. The fourth-order valence-corrected chi connectivity index (χ4v) is 2.73. The minimum atomic E-state index is -0.744. The highest BCUT2D eigenvalue weighted by Gasteiger charge is 2.12. The van der Waals surface area contributed by atoms with Gasteiger partial charge < -0.3 is 5.32 Å². The van der Waals surface area contributed by atoms with Crippen molar-refractivity contribution in [2.75, 3.05) is 5.32 Å². The molecular weight excluding hydrogens is 266 g/mol. The van der Waals surface area contributed by atoms with E-state index in [0.29, 0.717) is 6.54 Å². The number of benzene rings is 1. The number of nitrogens with zero attached hydrogens (tertiary/aromatic N) is 1. The summed E-state index contributed by atoms with van der Waals surface area (Å²) in [6.45, 7) is 2.41. The third-order valence-corrected chi connectivity index (χ3v) is 3.78. The van der Waals surface area contributed by atoms with Crippen LogP contribution in [0.15, 0.2) is 23.6 Å². The number of nitrogens with one attached hydrogen (secondary N) is 1. The Morgan fingerprint density at radius 1 is 1.32 bits per heavy atom. The summed E-state index contributed by atoms with van der Waals surface area (Å²) in [5.41, 5.74) is 0.965. The van der Waals surface area contributed by atoms with E-state index in [1.54, 1.807) is 17.4 Å². The molecule has 0 aliphatic heterocycles. The summed E-state index contributed by atoms with van der Waals surface area (Å²) in [7, 11) is 0. The number of halogens is 2. The van der Waals surface area contributed by atoms with Crippen molar-refractivity contribution in [1.82, 2.24) is 0 Å². The quantitative estimate of drug-likeness (QED) is 0.915. The number of rotatable bonds is 4. The van der Waals surface area contributed by atoms with Gasteiger partial charge in [0.25, 0.3) is 0 Å². The zero-order chi connectivity index (χ0) is 13.8. The number of aryl methyl sites for hydroxylation is 1. The zero-order valence-corrected chi connectivity index (χ0v) is 11.2. The molecule has 98 valence electrons. The molecule has 2 nitrogen and oxygen atoms in total. The third kappa shape index (κ3) is 2.91. The van der Waals surface area contributed by atoms with Crippen LogP contribution in [0.5, 0.6) is 0 Å². The van der Waals surface area contributed by atoms with E-state index in [0.717, 1.165) is 23.4 Å². The van der Waals surface area contributed by atoms with Crippen molar-refractivity contribution in [3.8, 4) is 6.07 Å². The van der Waals surface area contributed by atoms with E-state index in [2.05, 4.69) is 5.32 Å². The largest absolute Gasteiger partial charge is 0.375 e. The first kappa shape index (κ1) is 13.5. The van der Waals surface area contributed by atoms with Crippen LogP contribution >= 0.6 is 11.3 Å². The Balaban J connectivity index is 2.19. The topological polar surface area (TPSA) is 35.8 Å². The van der Waals surface area contributed by atoms with Gasteiger partial charge in [-0.3, -0.25) is 0 Å². The van der Waals surface area contributed by atoms with Crippen LogP contribution in [-0.4, -0.2) is 0 Å². The Morgan fingerprint density at radius 2 is 2.00 bits per heavy atom. The van der Waals surface area contributed by atoms with Gasteiger partial charge in [-0.25, -0.2) is 8.78 Å². The average Bonchev–Trinajstić information content (AvgIpc) is 2.85. The Labute approximate surface area is 114 Å². The summed E-state index contributed by atoms with van der Waals surface area (Å²) in [5.74, 6) is -1.49. The van der Waals surface area contributed by atoms with Crippen LogP contribution in [0.25, 0.3) is 0 Å². The molecule has 19 heavy (non-hydrogen) atoms. The van der Waals surface area contributed by atoms with Crippen LogP contribution in [0, 0.1) is 23.0 Å². The van der Waals surface area contributed by atoms with Crippen molar-refractivity contribution in [3.63, 3.8) is 0 Å². The predicted octanol–water partition coefficient (Wildman–Crippen LogP) is 4.07. The highest BCUT2D eigenvalue weighted by molar-refractivity contribution is 7.10. The summed E-state index contributed by atoms with van der Waals surface area (Å²) < 4.78 is 27.3. The molecule has 2 aromatic rings. The number of nitriles is 1. The van der Waals surface area contributed by atoms with Crippen LogP contribution in [-0.2, 0) is 13.0 Å². The van der Waals surface area contributed by atoms with Crippen LogP contribution < -0.4 is 5.32 Å². The van der Waals surface area contributed by atoms with E-state index >= 15 is 0 Å². The number of hydrogen-bond donors (Lipinski definition) is 1. The first-order valence-corrected chi connectivity index (χ1v) is 6.72. The summed E-state index contributed by atoms with van der Waals surface area (Å²) in [4.78, 5) is 1.06. The Morgan fingerprint density at radius 3 is 2.58 bits per heavy atom. The third-order valence-electron chi connectivity index (χ3n) is 2.82. The number of thiophene rings is 1.